The molecule has 5 nitrogen and oxygen atoms in total. The number of hydrogen-bond donors (Lipinski definition) is 1. The minimum atomic E-state index is -3.18. The minimum absolute atomic E-state index is 0.119. The lowest BCUT2D eigenvalue weighted by Crippen LogP contribution is -2.33. The molecule has 1 amide bonds. The van der Waals surface area contributed by atoms with E-state index in [1.54, 1.807) is 6.92 Å². The standard InChI is InChI=1S/C17H22N2O3S2/c1-3-19(24(2,21)22)12-7-11-18-17(20)16-15(10-13-23-16)14-8-5-4-6-9-14/h4-6,8-10,13H,3,7,11-12H2,1-2H3,(H,18,20). The summed E-state index contributed by atoms with van der Waals surface area (Å²) in [6.07, 6.45) is 1.78. The molecule has 24 heavy (non-hydrogen) atoms. The Hall–Kier alpha value is -1.70. The van der Waals surface area contributed by atoms with Gasteiger partial charge in [0.2, 0.25) is 10.0 Å². The van der Waals surface area contributed by atoms with Crippen LogP contribution in [0, 0.1) is 0 Å². The van der Waals surface area contributed by atoms with Gasteiger partial charge in [-0.1, -0.05) is 37.3 Å². The summed E-state index contributed by atoms with van der Waals surface area (Å²) < 4.78 is 24.4. The quantitative estimate of drug-likeness (QED) is 0.731. The van der Waals surface area contributed by atoms with Gasteiger partial charge in [-0.25, -0.2) is 12.7 Å². The van der Waals surface area contributed by atoms with Crippen molar-refractivity contribution in [1.29, 1.82) is 0 Å². The highest BCUT2D eigenvalue weighted by molar-refractivity contribution is 7.88. The Balaban J connectivity index is 1.92. The summed E-state index contributed by atoms with van der Waals surface area (Å²) in [7, 11) is -3.18. The number of rotatable bonds is 8. The fourth-order valence-corrected chi connectivity index (χ4v) is 4.19. The lowest BCUT2D eigenvalue weighted by atomic mass is 10.1. The maximum Gasteiger partial charge on any atom is 0.261 e. The molecule has 0 aliphatic rings. The highest BCUT2D eigenvalue weighted by Gasteiger charge is 2.16. The molecule has 0 saturated carbocycles. The van der Waals surface area contributed by atoms with Crippen LogP contribution < -0.4 is 5.32 Å². The highest BCUT2D eigenvalue weighted by atomic mass is 32.2. The number of hydrogen-bond acceptors (Lipinski definition) is 4. The van der Waals surface area contributed by atoms with E-state index in [-0.39, 0.29) is 5.91 Å². The van der Waals surface area contributed by atoms with Crippen LogP contribution in [0.1, 0.15) is 23.0 Å². The molecular weight excluding hydrogens is 344 g/mol. The van der Waals surface area contributed by atoms with Gasteiger partial charge in [0, 0.05) is 25.2 Å². The first-order valence-electron chi connectivity index (χ1n) is 7.79. The average Bonchev–Trinajstić information content (AvgIpc) is 3.04. The lowest BCUT2D eigenvalue weighted by Gasteiger charge is -2.17. The monoisotopic (exact) mass is 366 g/mol. The summed E-state index contributed by atoms with van der Waals surface area (Å²) in [5.74, 6) is -0.119. The van der Waals surface area contributed by atoms with Crippen molar-refractivity contribution in [2.45, 2.75) is 13.3 Å². The molecule has 0 aliphatic carbocycles. The summed E-state index contributed by atoms with van der Waals surface area (Å²) in [6, 6.07) is 11.7. The van der Waals surface area contributed by atoms with Crippen molar-refractivity contribution in [1.82, 2.24) is 9.62 Å². The van der Waals surface area contributed by atoms with Crippen LogP contribution in [0.5, 0.6) is 0 Å². The second-order valence-electron chi connectivity index (χ2n) is 5.39. The van der Waals surface area contributed by atoms with E-state index in [1.165, 1.54) is 21.9 Å². The van der Waals surface area contributed by atoms with Crippen LogP contribution in [0.3, 0.4) is 0 Å². The molecule has 1 aromatic carbocycles. The molecule has 1 N–H and O–H groups in total. The highest BCUT2D eigenvalue weighted by Crippen LogP contribution is 2.27. The second kappa shape index (κ2) is 8.41. The number of carbonyl (C=O) groups is 1. The van der Waals surface area contributed by atoms with E-state index >= 15 is 0 Å². The van der Waals surface area contributed by atoms with Gasteiger partial charge in [-0.15, -0.1) is 11.3 Å². The minimum Gasteiger partial charge on any atom is -0.351 e. The van der Waals surface area contributed by atoms with E-state index in [1.807, 2.05) is 41.8 Å². The van der Waals surface area contributed by atoms with E-state index in [0.717, 1.165) is 11.1 Å². The van der Waals surface area contributed by atoms with E-state index in [0.29, 0.717) is 30.9 Å². The first-order valence-corrected chi connectivity index (χ1v) is 10.5. The summed E-state index contributed by atoms with van der Waals surface area (Å²) in [5.41, 5.74) is 1.93. The number of nitrogens with one attached hydrogen (secondary N) is 1. The van der Waals surface area contributed by atoms with Crippen LogP contribution in [0.15, 0.2) is 41.8 Å². The van der Waals surface area contributed by atoms with Crippen molar-refractivity contribution in [3.05, 3.63) is 46.7 Å². The number of amides is 1. The van der Waals surface area contributed by atoms with Crippen LogP contribution in [-0.4, -0.2) is 44.5 Å². The smallest absolute Gasteiger partial charge is 0.261 e. The van der Waals surface area contributed by atoms with Gasteiger partial charge in [-0.2, -0.15) is 0 Å². The van der Waals surface area contributed by atoms with Crippen molar-refractivity contribution in [3.8, 4) is 11.1 Å². The summed E-state index contributed by atoms with van der Waals surface area (Å²) in [5, 5.41) is 4.78. The van der Waals surface area contributed by atoms with Gasteiger partial charge in [0.25, 0.3) is 5.91 Å². The van der Waals surface area contributed by atoms with Crippen LogP contribution in [-0.2, 0) is 10.0 Å². The van der Waals surface area contributed by atoms with Gasteiger partial charge in [-0.05, 0) is 23.4 Å². The third-order valence-corrected chi connectivity index (χ3v) is 5.94. The maximum atomic E-state index is 12.4. The zero-order chi connectivity index (χ0) is 17.6. The second-order valence-corrected chi connectivity index (χ2v) is 8.29. The number of carbonyl (C=O) groups excluding carboxylic acids is 1. The molecular formula is C17H22N2O3S2. The third kappa shape index (κ3) is 4.90. The molecule has 2 aromatic rings. The molecule has 0 fully saturated rings. The number of sulfonamides is 1. The lowest BCUT2D eigenvalue weighted by molar-refractivity contribution is 0.0957. The fourth-order valence-electron chi connectivity index (χ4n) is 2.43. The number of thiophene rings is 1. The van der Waals surface area contributed by atoms with Crippen molar-refractivity contribution in [2.75, 3.05) is 25.9 Å². The van der Waals surface area contributed by atoms with Gasteiger partial charge in [0.1, 0.15) is 0 Å². The third-order valence-electron chi connectivity index (χ3n) is 3.65. The average molecular weight is 367 g/mol. The molecule has 0 bridgehead atoms. The molecule has 2 rings (SSSR count). The molecule has 0 atom stereocenters. The first kappa shape index (κ1) is 18.6. The molecule has 0 aliphatic heterocycles. The van der Waals surface area contributed by atoms with Crippen molar-refractivity contribution in [3.63, 3.8) is 0 Å². The first-order chi connectivity index (χ1) is 11.4. The Bertz CT molecular complexity index is 770. The summed E-state index contributed by atoms with van der Waals surface area (Å²) in [6.45, 7) is 3.09. The van der Waals surface area contributed by atoms with Crippen LogP contribution in [0.25, 0.3) is 11.1 Å². The molecule has 7 heteroatoms. The van der Waals surface area contributed by atoms with Gasteiger partial charge < -0.3 is 5.32 Å². The van der Waals surface area contributed by atoms with Crippen LogP contribution in [0.2, 0.25) is 0 Å². The van der Waals surface area contributed by atoms with Crippen LogP contribution >= 0.6 is 11.3 Å². The molecule has 0 saturated heterocycles. The Morgan fingerprint density at radius 2 is 1.92 bits per heavy atom. The Morgan fingerprint density at radius 1 is 1.21 bits per heavy atom. The molecule has 0 unspecified atom stereocenters. The Labute approximate surface area is 147 Å². The van der Waals surface area contributed by atoms with Crippen molar-refractivity contribution < 1.29 is 13.2 Å². The normalized spacial score (nSPS) is 11.6. The van der Waals surface area contributed by atoms with Gasteiger partial charge in [0.05, 0.1) is 11.1 Å². The van der Waals surface area contributed by atoms with E-state index in [4.69, 9.17) is 0 Å². The van der Waals surface area contributed by atoms with E-state index in [9.17, 15) is 13.2 Å². The predicted molar refractivity (Wildman–Crippen MR) is 98.8 cm³/mol. The molecule has 130 valence electrons. The number of nitrogens with zero attached hydrogens (tertiary/aromatic N) is 1. The maximum absolute atomic E-state index is 12.4. The predicted octanol–water partition coefficient (Wildman–Crippen LogP) is 2.82. The zero-order valence-corrected chi connectivity index (χ0v) is 15.5. The van der Waals surface area contributed by atoms with Gasteiger partial charge >= 0.3 is 0 Å². The molecule has 1 heterocycles. The van der Waals surface area contributed by atoms with Crippen molar-refractivity contribution >= 4 is 27.3 Å². The van der Waals surface area contributed by atoms with E-state index in [2.05, 4.69) is 5.32 Å². The number of benzene rings is 1. The van der Waals surface area contributed by atoms with E-state index < -0.39 is 10.0 Å². The zero-order valence-electron chi connectivity index (χ0n) is 13.9. The largest absolute Gasteiger partial charge is 0.351 e. The summed E-state index contributed by atoms with van der Waals surface area (Å²) in [4.78, 5) is 13.1. The molecule has 1 aromatic heterocycles. The van der Waals surface area contributed by atoms with Crippen molar-refractivity contribution in [2.24, 2.45) is 0 Å². The Kier molecular flexibility index (Phi) is 6.53. The van der Waals surface area contributed by atoms with Gasteiger partial charge in [-0.3, -0.25) is 4.79 Å². The fraction of sp³-hybridized carbons (Fsp3) is 0.353. The topological polar surface area (TPSA) is 66.5 Å². The molecule has 0 spiro atoms. The SMILES string of the molecule is CCN(CCCNC(=O)c1sccc1-c1ccccc1)S(C)(=O)=O. The van der Waals surface area contributed by atoms with Crippen LogP contribution in [0.4, 0.5) is 0 Å². The summed E-state index contributed by atoms with van der Waals surface area (Å²) >= 11 is 1.41. The Morgan fingerprint density at radius 3 is 2.54 bits per heavy atom. The molecule has 0 radical (unpaired) electrons. The van der Waals surface area contributed by atoms with Gasteiger partial charge in [0.15, 0.2) is 0 Å².